The number of allylic oxidation sites excluding steroid dienone is 8. The summed E-state index contributed by atoms with van der Waals surface area (Å²) >= 11 is 0. The van der Waals surface area contributed by atoms with E-state index in [9.17, 15) is 0 Å². The van der Waals surface area contributed by atoms with Crippen molar-refractivity contribution in [3.63, 3.8) is 0 Å². The van der Waals surface area contributed by atoms with Crippen molar-refractivity contribution in [3.05, 3.63) is 47.1 Å². The largest absolute Gasteiger partial charge is 0.0801 e. The van der Waals surface area contributed by atoms with E-state index in [4.69, 9.17) is 0 Å². The summed E-state index contributed by atoms with van der Waals surface area (Å²) < 4.78 is 0. The van der Waals surface area contributed by atoms with E-state index in [1.165, 1.54) is 114 Å². The molecule has 2 rings (SSSR count). The Kier molecular flexibility index (Phi) is 11.5. The van der Waals surface area contributed by atoms with Gasteiger partial charge in [0.15, 0.2) is 0 Å². The molecule has 0 fully saturated rings. The van der Waals surface area contributed by atoms with Crippen molar-refractivity contribution in [3.8, 4) is 0 Å². The van der Waals surface area contributed by atoms with Crippen LogP contribution in [0.25, 0.3) is 0 Å². The Morgan fingerprint density at radius 2 is 1.19 bits per heavy atom. The van der Waals surface area contributed by atoms with Gasteiger partial charge in [0.25, 0.3) is 0 Å². The van der Waals surface area contributed by atoms with Gasteiger partial charge in [-0.25, -0.2) is 0 Å². The van der Waals surface area contributed by atoms with Gasteiger partial charge in [-0.2, -0.15) is 0 Å². The maximum Gasteiger partial charge on any atom is -0.0157 e. The highest BCUT2D eigenvalue weighted by Gasteiger charge is 2.14. The minimum absolute atomic E-state index is 1.11. The summed E-state index contributed by atoms with van der Waals surface area (Å²) in [5.74, 6) is 0. The first kappa shape index (κ1) is 21.3. The fourth-order valence-corrected chi connectivity index (χ4v) is 4.24. The number of fused-ring (bicyclic) bond motifs is 1. The lowest BCUT2D eigenvalue weighted by atomic mass is 9.94. The normalized spacial score (nSPS) is 15.7. The molecule has 0 amide bonds. The molecular weight excluding hydrogens is 312 g/mol. The van der Waals surface area contributed by atoms with Crippen LogP contribution in [0.2, 0.25) is 0 Å². The standard InChI is InChI=1S/C26H42/c1-2-3-4-5-6-7-8-9-10-11-12-13-14-15-16-19-24-22-23-25-20-17-18-21-26(24)25/h17,20-23H,2-16,18-19H2,1H3. The highest BCUT2D eigenvalue weighted by molar-refractivity contribution is 5.60. The Balaban J connectivity index is 1.31. The molecule has 0 bridgehead atoms. The molecule has 0 aromatic carbocycles. The lowest BCUT2D eigenvalue weighted by Gasteiger charge is -2.11. The molecule has 0 aliphatic heterocycles. The first-order chi connectivity index (χ1) is 12.9. The lowest BCUT2D eigenvalue weighted by molar-refractivity contribution is 0.532. The van der Waals surface area contributed by atoms with Gasteiger partial charge in [0.05, 0.1) is 0 Å². The summed E-state index contributed by atoms with van der Waals surface area (Å²) in [6, 6.07) is 0. The van der Waals surface area contributed by atoms with Crippen LogP contribution in [0.1, 0.15) is 116 Å². The van der Waals surface area contributed by atoms with Crippen molar-refractivity contribution in [2.75, 3.05) is 0 Å². The second-order valence-corrected chi connectivity index (χ2v) is 8.27. The molecule has 0 aromatic heterocycles. The minimum Gasteiger partial charge on any atom is -0.0801 e. The van der Waals surface area contributed by atoms with Crippen LogP contribution in [0.3, 0.4) is 0 Å². The maximum atomic E-state index is 2.40. The highest BCUT2D eigenvalue weighted by Crippen LogP contribution is 2.33. The van der Waals surface area contributed by atoms with E-state index in [1.807, 2.05) is 0 Å². The molecule has 0 radical (unpaired) electrons. The van der Waals surface area contributed by atoms with Gasteiger partial charge in [-0.1, -0.05) is 127 Å². The summed E-state index contributed by atoms with van der Waals surface area (Å²) in [5.41, 5.74) is 4.55. The van der Waals surface area contributed by atoms with E-state index in [-0.39, 0.29) is 0 Å². The summed E-state index contributed by atoms with van der Waals surface area (Å²) in [6.45, 7) is 2.30. The molecule has 0 heterocycles. The summed E-state index contributed by atoms with van der Waals surface area (Å²) in [6.07, 6.45) is 35.7. The summed E-state index contributed by atoms with van der Waals surface area (Å²) in [7, 11) is 0. The predicted molar refractivity (Wildman–Crippen MR) is 118 cm³/mol. The molecule has 0 saturated heterocycles. The Morgan fingerprint density at radius 3 is 1.77 bits per heavy atom. The third-order valence-corrected chi connectivity index (χ3v) is 5.93. The SMILES string of the molecule is CCCCCCCCCCCCCCCCCC1=CC=C2C=CCC=C21. The topological polar surface area (TPSA) is 0 Å². The molecule has 146 valence electrons. The van der Waals surface area contributed by atoms with Crippen molar-refractivity contribution >= 4 is 0 Å². The maximum absolute atomic E-state index is 2.40. The summed E-state index contributed by atoms with van der Waals surface area (Å²) in [4.78, 5) is 0. The van der Waals surface area contributed by atoms with Gasteiger partial charge in [0, 0.05) is 0 Å². The fraction of sp³-hybridized carbons (Fsp3) is 0.692. The van der Waals surface area contributed by atoms with Gasteiger partial charge >= 0.3 is 0 Å². The number of hydrogen-bond donors (Lipinski definition) is 0. The monoisotopic (exact) mass is 354 g/mol. The molecular formula is C26H42. The van der Waals surface area contributed by atoms with Gasteiger partial charge in [-0.05, 0) is 36.0 Å². The zero-order valence-corrected chi connectivity index (χ0v) is 17.4. The van der Waals surface area contributed by atoms with Crippen molar-refractivity contribution < 1.29 is 0 Å². The van der Waals surface area contributed by atoms with Gasteiger partial charge < -0.3 is 0 Å². The zero-order chi connectivity index (χ0) is 18.3. The second kappa shape index (κ2) is 14.1. The number of unbranched alkanes of at least 4 members (excludes halogenated alkanes) is 14. The van der Waals surface area contributed by atoms with E-state index >= 15 is 0 Å². The Labute approximate surface area is 163 Å². The molecule has 0 saturated carbocycles. The van der Waals surface area contributed by atoms with Crippen LogP contribution in [0.4, 0.5) is 0 Å². The van der Waals surface area contributed by atoms with Crippen molar-refractivity contribution in [1.82, 2.24) is 0 Å². The summed E-state index contributed by atoms with van der Waals surface area (Å²) in [5, 5.41) is 0. The zero-order valence-electron chi connectivity index (χ0n) is 17.4. The molecule has 0 heteroatoms. The minimum atomic E-state index is 1.11. The molecule has 0 spiro atoms. The fourth-order valence-electron chi connectivity index (χ4n) is 4.24. The lowest BCUT2D eigenvalue weighted by Crippen LogP contribution is -1.92. The average molecular weight is 355 g/mol. The number of rotatable bonds is 16. The van der Waals surface area contributed by atoms with Crippen LogP contribution in [0, 0.1) is 0 Å². The molecule has 2 aliphatic carbocycles. The first-order valence-corrected chi connectivity index (χ1v) is 11.7. The van der Waals surface area contributed by atoms with Gasteiger partial charge in [-0.3, -0.25) is 0 Å². The van der Waals surface area contributed by atoms with Crippen LogP contribution in [0.15, 0.2) is 47.1 Å². The average Bonchev–Trinajstić information content (AvgIpc) is 3.08. The Bertz CT molecular complexity index is 486. The van der Waals surface area contributed by atoms with E-state index < -0.39 is 0 Å². The van der Waals surface area contributed by atoms with E-state index in [0.717, 1.165) is 6.42 Å². The van der Waals surface area contributed by atoms with Gasteiger partial charge in [0.2, 0.25) is 0 Å². The third-order valence-electron chi connectivity index (χ3n) is 5.93. The second-order valence-electron chi connectivity index (χ2n) is 8.27. The molecule has 0 N–H and O–H groups in total. The Hall–Kier alpha value is -1.04. The van der Waals surface area contributed by atoms with Crippen molar-refractivity contribution in [2.24, 2.45) is 0 Å². The molecule has 0 atom stereocenters. The molecule has 0 unspecified atom stereocenters. The van der Waals surface area contributed by atoms with Crippen molar-refractivity contribution in [1.29, 1.82) is 0 Å². The molecule has 0 aromatic rings. The van der Waals surface area contributed by atoms with E-state index in [2.05, 4.69) is 37.3 Å². The van der Waals surface area contributed by atoms with Crippen LogP contribution in [-0.4, -0.2) is 0 Å². The Morgan fingerprint density at radius 1 is 0.654 bits per heavy atom. The van der Waals surface area contributed by atoms with Gasteiger partial charge in [-0.15, -0.1) is 0 Å². The van der Waals surface area contributed by atoms with Crippen molar-refractivity contribution in [2.45, 2.75) is 116 Å². The predicted octanol–water partition coefficient (Wildman–Crippen LogP) is 9.00. The third kappa shape index (κ3) is 8.56. The van der Waals surface area contributed by atoms with E-state index in [1.54, 1.807) is 5.57 Å². The smallest absolute Gasteiger partial charge is 0.0157 e. The highest BCUT2D eigenvalue weighted by atomic mass is 14.2. The number of hydrogen-bond acceptors (Lipinski definition) is 0. The quantitative estimate of drug-likeness (QED) is 0.242. The van der Waals surface area contributed by atoms with E-state index in [0.29, 0.717) is 0 Å². The molecule has 0 nitrogen and oxygen atoms in total. The molecule has 2 aliphatic rings. The van der Waals surface area contributed by atoms with Crippen LogP contribution >= 0.6 is 0 Å². The van der Waals surface area contributed by atoms with Crippen LogP contribution in [-0.2, 0) is 0 Å². The van der Waals surface area contributed by atoms with Crippen LogP contribution < -0.4 is 0 Å². The van der Waals surface area contributed by atoms with Crippen LogP contribution in [0.5, 0.6) is 0 Å². The van der Waals surface area contributed by atoms with Gasteiger partial charge in [0.1, 0.15) is 0 Å². The molecule has 26 heavy (non-hydrogen) atoms. The first-order valence-electron chi connectivity index (χ1n) is 11.7.